The van der Waals surface area contributed by atoms with Crippen molar-refractivity contribution in [2.45, 2.75) is 25.7 Å². The zero-order chi connectivity index (χ0) is 10.5. The number of halogens is 2. The van der Waals surface area contributed by atoms with E-state index < -0.39 is 0 Å². The molecule has 0 aromatic carbocycles. The predicted octanol–water partition coefficient (Wildman–Crippen LogP) is 1.69. The zero-order valence-electron chi connectivity index (χ0n) is 9.50. The van der Waals surface area contributed by atoms with E-state index in [1.807, 2.05) is 18.2 Å². The maximum atomic E-state index is 5.66. The number of nitrogens with zero attached hydrogens (tertiary/aromatic N) is 1. The van der Waals surface area contributed by atoms with Gasteiger partial charge in [-0.1, -0.05) is 6.07 Å². The average Bonchev–Trinajstić information content (AvgIpc) is 2.79. The summed E-state index contributed by atoms with van der Waals surface area (Å²) in [6.45, 7) is 2.53. The Balaban J connectivity index is 0.00000128. The lowest BCUT2D eigenvalue weighted by Gasteiger charge is -2.09. The van der Waals surface area contributed by atoms with Gasteiger partial charge in [0.1, 0.15) is 0 Å². The summed E-state index contributed by atoms with van der Waals surface area (Å²) in [5.74, 6) is 0. The Bertz CT molecular complexity index is 320. The molecule has 1 aliphatic rings. The molecule has 2 N–H and O–H groups in total. The molecule has 1 fully saturated rings. The molecule has 98 valence electrons. The molecule has 1 aliphatic heterocycles. The lowest BCUT2D eigenvalue weighted by Crippen LogP contribution is -2.13. The quantitative estimate of drug-likeness (QED) is 0.912. The fourth-order valence-electron chi connectivity index (χ4n) is 1.57. The fraction of sp³-hybridized carbons (Fsp3) is 0.545. The lowest BCUT2D eigenvalue weighted by molar-refractivity contribution is 0.0301. The number of hydrogen-bond donors (Lipinski definition) is 1. The van der Waals surface area contributed by atoms with Crippen LogP contribution in [0.25, 0.3) is 0 Å². The minimum absolute atomic E-state index is 0. The van der Waals surface area contributed by atoms with Crippen LogP contribution in [0.1, 0.15) is 17.8 Å². The van der Waals surface area contributed by atoms with E-state index in [0.717, 1.165) is 24.4 Å². The molecule has 1 atom stereocenters. The van der Waals surface area contributed by atoms with Gasteiger partial charge in [0.15, 0.2) is 0 Å². The number of ether oxygens (including phenoxy) is 2. The van der Waals surface area contributed by atoms with E-state index >= 15 is 0 Å². The van der Waals surface area contributed by atoms with Crippen LogP contribution in [0.5, 0.6) is 0 Å². The molecule has 2 rings (SSSR count). The van der Waals surface area contributed by atoms with Crippen molar-refractivity contribution in [3.8, 4) is 0 Å². The molecule has 6 heteroatoms. The molecule has 17 heavy (non-hydrogen) atoms. The van der Waals surface area contributed by atoms with Crippen LogP contribution in [0.15, 0.2) is 18.2 Å². The van der Waals surface area contributed by atoms with Gasteiger partial charge in [-0.05, 0) is 18.6 Å². The van der Waals surface area contributed by atoms with E-state index in [-0.39, 0.29) is 30.9 Å². The average molecular weight is 281 g/mol. The monoisotopic (exact) mass is 280 g/mol. The Hall–Kier alpha value is -0.390. The van der Waals surface area contributed by atoms with E-state index in [2.05, 4.69) is 4.98 Å². The summed E-state index contributed by atoms with van der Waals surface area (Å²) in [6, 6.07) is 5.83. The number of hydrogen-bond acceptors (Lipinski definition) is 4. The van der Waals surface area contributed by atoms with Gasteiger partial charge in [0.25, 0.3) is 0 Å². The van der Waals surface area contributed by atoms with Crippen LogP contribution in [0.4, 0.5) is 0 Å². The summed E-state index contributed by atoms with van der Waals surface area (Å²) in [6.07, 6.45) is 1.21. The van der Waals surface area contributed by atoms with E-state index in [1.165, 1.54) is 0 Å². The van der Waals surface area contributed by atoms with Crippen molar-refractivity contribution < 1.29 is 9.47 Å². The van der Waals surface area contributed by atoms with E-state index in [1.54, 1.807) is 0 Å². The maximum absolute atomic E-state index is 5.66. The summed E-state index contributed by atoms with van der Waals surface area (Å²) >= 11 is 0. The lowest BCUT2D eigenvalue weighted by atomic mass is 10.3. The number of rotatable bonds is 4. The smallest absolute Gasteiger partial charge is 0.0892 e. The highest BCUT2D eigenvalue weighted by Gasteiger charge is 2.15. The number of pyridine rings is 1. The molecule has 2 heterocycles. The van der Waals surface area contributed by atoms with Crippen molar-refractivity contribution in [3.05, 3.63) is 29.6 Å². The topological polar surface area (TPSA) is 57.4 Å². The molecule has 4 nitrogen and oxygen atoms in total. The second kappa shape index (κ2) is 8.66. The van der Waals surface area contributed by atoms with Gasteiger partial charge in [-0.2, -0.15) is 0 Å². The van der Waals surface area contributed by atoms with Crippen LogP contribution < -0.4 is 5.73 Å². The molecule has 0 radical (unpaired) electrons. The Labute approximate surface area is 114 Å². The van der Waals surface area contributed by atoms with Gasteiger partial charge >= 0.3 is 0 Å². The van der Waals surface area contributed by atoms with Crippen molar-refractivity contribution >= 4 is 24.8 Å². The maximum Gasteiger partial charge on any atom is 0.0892 e. The van der Waals surface area contributed by atoms with Crippen molar-refractivity contribution in [1.82, 2.24) is 4.98 Å². The molecular formula is C11H18Cl2N2O2. The molecule has 0 spiro atoms. The van der Waals surface area contributed by atoms with Gasteiger partial charge in [-0.3, -0.25) is 4.98 Å². The molecule has 1 saturated heterocycles. The van der Waals surface area contributed by atoms with E-state index in [4.69, 9.17) is 15.2 Å². The first-order valence-electron chi connectivity index (χ1n) is 5.22. The second-order valence-electron chi connectivity index (χ2n) is 3.62. The minimum Gasteiger partial charge on any atom is -0.379 e. The van der Waals surface area contributed by atoms with Crippen LogP contribution in [0.2, 0.25) is 0 Å². The van der Waals surface area contributed by atoms with Crippen LogP contribution in [-0.2, 0) is 22.6 Å². The number of aromatic nitrogens is 1. The summed E-state index contributed by atoms with van der Waals surface area (Å²) in [7, 11) is 0. The SMILES string of the molecule is Cl.Cl.NCc1cccc(CO[C@H]2CCOC2)n1. The van der Waals surface area contributed by atoms with Crippen LogP contribution >= 0.6 is 24.8 Å². The Morgan fingerprint density at radius 3 is 2.76 bits per heavy atom. The van der Waals surface area contributed by atoms with Crippen molar-refractivity contribution in [1.29, 1.82) is 0 Å². The molecule has 0 unspecified atom stereocenters. The highest BCUT2D eigenvalue weighted by atomic mass is 35.5. The Kier molecular flexibility index (Phi) is 8.47. The summed E-state index contributed by atoms with van der Waals surface area (Å²) in [4.78, 5) is 4.36. The second-order valence-corrected chi connectivity index (χ2v) is 3.62. The first-order valence-corrected chi connectivity index (χ1v) is 5.22. The first kappa shape index (κ1) is 16.6. The zero-order valence-corrected chi connectivity index (χ0v) is 11.1. The molecular weight excluding hydrogens is 263 g/mol. The van der Waals surface area contributed by atoms with Crippen LogP contribution in [0, 0.1) is 0 Å². The molecule has 0 aliphatic carbocycles. The highest BCUT2D eigenvalue weighted by molar-refractivity contribution is 5.85. The predicted molar refractivity (Wildman–Crippen MR) is 70.6 cm³/mol. The van der Waals surface area contributed by atoms with Gasteiger partial charge < -0.3 is 15.2 Å². The fourth-order valence-corrected chi connectivity index (χ4v) is 1.57. The first-order chi connectivity index (χ1) is 7.38. The summed E-state index contributed by atoms with van der Waals surface area (Å²) < 4.78 is 10.9. The standard InChI is InChI=1S/C11H16N2O2.2ClH/c12-6-9-2-1-3-10(13-9)7-15-11-4-5-14-8-11;;/h1-3,11H,4-8,12H2;2*1H/t11-;;/m0../s1. The third kappa shape index (κ3) is 5.19. The number of nitrogens with two attached hydrogens (primary N) is 1. The third-order valence-corrected chi connectivity index (χ3v) is 2.43. The minimum atomic E-state index is 0. The summed E-state index contributed by atoms with van der Waals surface area (Å²) in [5.41, 5.74) is 7.35. The van der Waals surface area contributed by atoms with Gasteiger partial charge in [0.05, 0.1) is 30.7 Å². The molecule has 1 aromatic heterocycles. The summed E-state index contributed by atoms with van der Waals surface area (Å²) in [5, 5.41) is 0. The van der Waals surface area contributed by atoms with Gasteiger partial charge in [0.2, 0.25) is 0 Å². The van der Waals surface area contributed by atoms with Crippen LogP contribution in [-0.4, -0.2) is 24.3 Å². The largest absolute Gasteiger partial charge is 0.379 e. The van der Waals surface area contributed by atoms with E-state index in [9.17, 15) is 0 Å². The van der Waals surface area contributed by atoms with Crippen molar-refractivity contribution in [2.75, 3.05) is 13.2 Å². The van der Waals surface area contributed by atoms with Gasteiger partial charge in [-0.15, -0.1) is 24.8 Å². The molecule has 0 amide bonds. The van der Waals surface area contributed by atoms with Crippen molar-refractivity contribution in [2.24, 2.45) is 5.73 Å². The Morgan fingerprint density at radius 1 is 1.35 bits per heavy atom. The van der Waals surface area contributed by atoms with Gasteiger partial charge in [0, 0.05) is 13.2 Å². The van der Waals surface area contributed by atoms with E-state index in [0.29, 0.717) is 19.8 Å². The van der Waals surface area contributed by atoms with Crippen LogP contribution in [0.3, 0.4) is 0 Å². The normalized spacial score (nSPS) is 18.3. The third-order valence-electron chi connectivity index (χ3n) is 2.43. The highest BCUT2D eigenvalue weighted by Crippen LogP contribution is 2.10. The van der Waals surface area contributed by atoms with Gasteiger partial charge in [-0.25, -0.2) is 0 Å². The molecule has 0 saturated carbocycles. The molecule has 0 bridgehead atoms. The van der Waals surface area contributed by atoms with Crippen molar-refractivity contribution in [3.63, 3.8) is 0 Å². The molecule has 1 aromatic rings. The Morgan fingerprint density at radius 2 is 2.12 bits per heavy atom.